The highest BCUT2D eigenvalue weighted by Crippen LogP contribution is 2.29. The van der Waals surface area contributed by atoms with E-state index in [2.05, 4.69) is 21.2 Å². The van der Waals surface area contributed by atoms with Crippen LogP contribution in [0, 0.1) is 5.82 Å². The zero-order chi connectivity index (χ0) is 14.0. The molecule has 2 rings (SSSR count). The van der Waals surface area contributed by atoms with Crippen LogP contribution in [0.5, 0.6) is 0 Å². The molecule has 19 heavy (non-hydrogen) atoms. The second-order valence-electron chi connectivity index (χ2n) is 4.25. The van der Waals surface area contributed by atoms with Gasteiger partial charge in [-0.05, 0) is 34.5 Å². The molecule has 0 radical (unpaired) electrons. The molecule has 3 N–H and O–H groups in total. The van der Waals surface area contributed by atoms with Crippen molar-refractivity contribution in [3.63, 3.8) is 0 Å². The van der Waals surface area contributed by atoms with E-state index in [9.17, 15) is 9.18 Å². The maximum atomic E-state index is 14.3. The largest absolute Gasteiger partial charge is 0.389 e. The Morgan fingerprint density at radius 1 is 1.53 bits per heavy atom. The summed E-state index contributed by atoms with van der Waals surface area (Å²) in [5, 5.41) is 2.75. The SMILES string of the molecule is NC(=S)c1ccc(N2CCCNC(=O)C2)c(F)c1Br. The van der Waals surface area contributed by atoms with Gasteiger partial charge >= 0.3 is 0 Å². The van der Waals surface area contributed by atoms with Gasteiger partial charge in [0.05, 0.1) is 16.7 Å². The smallest absolute Gasteiger partial charge is 0.239 e. The van der Waals surface area contributed by atoms with Gasteiger partial charge in [-0.2, -0.15) is 0 Å². The highest BCUT2D eigenvalue weighted by molar-refractivity contribution is 9.10. The van der Waals surface area contributed by atoms with Crippen molar-refractivity contribution in [3.05, 3.63) is 28.0 Å². The molecule has 4 nitrogen and oxygen atoms in total. The first-order valence-electron chi connectivity index (χ1n) is 5.80. The minimum Gasteiger partial charge on any atom is -0.389 e. The second-order valence-corrected chi connectivity index (χ2v) is 5.48. The number of anilines is 1. The predicted octanol–water partition coefficient (Wildman–Crippen LogP) is 1.55. The summed E-state index contributed by atoms with van der Waals surface area (Å²) in [6, 6.07) is 3.26. The fraction of sp³-hybridized carbons (Fsp3) is 0.333. The zero-order valence-electron chi connectivity index (χ0n) is 10.1. The molecule has 0 aromatic heterocycles. The van der Waals surface area contributed by atoms with Crippen molar-refractivity contribution < 1.29 is 9.18 Å². The van der Waals surface area contributed by atoms with E-state index in [1.165, 1.54) is 0 Å². The first-order valence-corrected chi connectivity index (χ1v) is 7.00. The van der Waals surface area contributed by atoms with E-state index < -0.39 is 5.82 Å². The molecule has 1 aromatic carbocycles. The van der Waals surface area contributed by atoms with Crippen LogP contribution in [0.15, 0.2) is 16.6 Å². The van der Waals surface area contributed by atoms with E-state index in [0.717, 1.165) is 6.42 Å². The van der Waals surface area contributed by atoms with E-state index in [1.54, 1.807) is 17.0 Å². The van der Waals surface area contributed by atoms with Gasteiger partial charge in [0.1, 0.15) is 4.99 Å². The zero-order valence-corrected chi connectivity index (χ0v) is 12.5. The Hall–Kier alpha value is -1.21. The van der Waals surface area contributed by atoms with Crippen molar-refractivity contribution in [2.75, 3.05) is 24.5 Å². The number of hydrogen-bond donors (Lipinski definition) is 2. The van der Waals surface area contributed by atoms with Crippen molar-refractivity contribution in [1.82, 2.24) is 5.32 Å². The van der Waals surface area contributed by atoms with Crippen LogP contribution in [-0.2, 0) is 4.79 Å². The van der Waals surface area contributed by atoms with E-state index >= 15 is 0 Å². The summed E-state index contributed by atoms with van der Waals surface area (Å²) < 4.78 is 14.6. The molecular formula is C12H13BrFN3OS. The van der Waals surface area contributed by atoms with Crippen LogP contribution < -0.4 is 16.0 Å². The molecule has 102 valence electrons. The van der Waals surface area contributed by atoms with Crippen molar-refractivity contribution in [2.24, 2.45) is 5.73 Å². The van der Waals surface area contributed by atoms with Gasteiger partial charge in [0.25, 0.3) is 0 Å². The Morgan fingerprint density at radius 2 is 2.26 bits per heavy atom. The topological polar surface area (TPSA) is 58.4 Å². The average Bonchev–Trinajstić information content (AvgIpc) is 2.56. The van der Waals surface area contributed by atoms with Crippen LogP contribution in [0.1, 0.15) is 12.0 Å². The number of nitrogens with one attached hydrogen (secondary N) is 1. The molecule has 0 bridgehead atoms. The van der Waals surface area contributed by atoms with Crippen LogP contribution in [0.25, 0.3) is 0 Å². The third-order valence-corrected chi connectivity index (χ3v) is 3.92. The van der Waals surface area contributed by atoms with Gasteiger partial charge in [0.2, 0.25) is 5.91 Å². The maximum absolute atomic E-state index is 14.3. The summed E-state index contributed by atoms with van der Waals surface area (Å²) in [7, 11) is 0. The Balaban J connectivity index is 2.37. The quantitative estimate of drug-likeness (QED) is 0.798. The number of carbonyl (C=O) groups is 1. The van der Waals surface area contributed by atoms with Gasteiger partial charge in [-0.15, -0.1) is 0 Å². The lowest BCUT2D eigenvalue weighted by Gasteiger charge is -2.23. The molecule has 0 saturated carbocycles. The van der Waals surface area contributed by atoms with Gasteiger partial charge in [-0.25, -0.2) is 4.39 Å². The molecular weight excluding hydrogens is 333 g/mol. The van der Waals surface area contributed by atoms with Crippen LogP contribution in [0.4, 0.5) is 10.1 Å². The van der Waals surface area contributed by atoms with E-state index in [1.807, 2.05) is 0 Å². The number of nitrogens with two attached hydrogens (primary N) is 1. The first-order chi connectivity index (χ1) is 9.00. The molecule has 1 aromatic rings. The summed E-state index contributed by atoms with van der Waals surface area (Å²) in [5.74, 6) is -0.550. The van der Waals surface area contributed by atoms with Crippen LogP contribution >= 0.6 is 28.1 Å². The molecule has 1 aliphatic heterocycles. The number of thiocarbonyl (C=S) groups is 1. The predicted molar refractivity (Wildman–Crippen MR) is 79.8 cm³/mol. The third-order valence-electron chi connectivity index (χ3n) is 2.93. The lowest BCUT2D eigenvalue weighted by Crippen LogP contribution is -2.33. The Kier molecular flexibility index (Phi) is 4.36. The van der Waals surface area contributed by atoms with Crippen molar-refractivity contribution in [2.45, 2.75) is 6.42 Å². The number of amides is 1. The van der Waals surface area contributed by atoms with E-state index in [-0.39, 0.29) is 21.9 Å². The Labute approximate surface area is 124 Å². The summed E-state index contributed by atoms with van der Waals surface area (Å²) in [6.07, 6.45) is 0.778. The normalized spacial score (nSPS) is 15.9. The van der Waals surface area contributed by atoms with Crippen molar-refractivity contribution >= 4 is 44.7 Å². The number of hydrogen-bond acceptors (Lipinski definition) is 3. The standard InChI is InChI=1S/C12H13BrFN3OS/c13-10-7(12(15)19)2-3-8(11(10)14)17-5-1-4-16-9(18)6-17/h2-3H,1,4-6H2,(H2,15,19)(H,16,18). The highest BCUT2D eigenvalue weighted by Gasteiger charge is 2.21. The highest BCUT2D eigenvalue weighted by atomic mass is 79.9. The van der Waals surface area contributed by atoms with Crippen molar-refractivity contribution in [1.29, 1.82) is 0 Å². The number of benzene rings is 1. The molecule has 1 saturated heterocycles. The minimum atomic E-state index is -0.444. The molecule has 1 aliphatic rings. The Morgan fingerprint density at radius 3 is 2.95 bits per heavy atom. The van der Waals surface area contributed by atoms with E-state index in [4.69, 9.17) is 18.0 Å². The number of carbonyl (C=O) groups excluding carboxylic acids is 1. The summed E-state index contributed by atoms with van der Waals surface area (Å²) in [6.45, 7) is 1.38. The van der Waals surface area contributed by atoms with Crippen LogP contribution in [0.2, 0.25) is 0 Å². The Bertz CT molecular complexity index is 538. The van der Waals surface area contributed by atoms with Crippen molar-refractivity contribution in [3.8, 4) is 0 Å². The molecule has 1 heterocycles. The summed E-state index contributed by atoms with van der Waals surface area (Å²) >= 11 is 8.02. The van der Waals surface area contributed by atoms with Gasteiger partial charge in [0.15, 0.2) is 5.82 Å². The average molecular weight is 346 g/mol. The maximum Gasteiger partial charge on any atom is 0.239 e. The van der Waals surface area contributed by atoms with Gasteiger partial charge in [-0.1, -0.05) is 12.2 Å². The lowest BCUT2D eigenvalue weighted by molar-refractivity contribution is -0.119. The molecule has 1 fully saturated rings. The van der Waals surface area contributed by atoms with Gasteiger partial charge in [-0.3, -0.25) is 4.79 Å². The lowest BCUT2D eigenvalue weighted by atomic mass is 10.1. The molecule has 0 spiro atoms. The number of rotatable bonds is 2. The molecule has 0 aliphatic carbocycles. The molecule has 0 atom stereocenters. The monoisotopic (exact) mass is 345 g/mol. The first kappa shape index (κ1) is 14.2. The number of nitrogens with zero attached hydrogens (tertiary/aromatic N) is 1. The molecule has 1 amide bonds. The van der Waals surface area contributed by atoms with Gasteiger partial charge in [0, 0.05) is 18.7 Å². The van der Waals surface area contributed by atoms with Gasteiger partial charge < -0.3 is 16.0 Å². The molecule has 0 unspecified atom stereocenters. The van der Waals surface area contributed by atoms with Crippen LogP contribution in [-0.4, -0.2) is 30.5 Å². The second kappa shape index (κ2) is 5.83. The molecule has 7 heteroatoms. The minimum absolute atomic E-state index is 0.105. The third kappa shape index (κ3) is 3.03. The fourth-order valence-electron chi connectivity index (χ4n) is 1.99. The van der Waals surface area contributed by atoms with Crippen LogP contribution in [0.3, 0.4) is 0 Å². The van der Waals surface area contributed by atoms with E-state index in [0.29, 0.717) is 24.3 Å². The number of halogens is 2. The summed E-state index contributed by atoms with van der Waals surface area (Å²) in [4.78, 5) is 13.4. The fourth-order valence-corrected chi connectivity index (χ4v) is 2.84. The summed E-state index contributed by atoms with van der Waals surface area (Å²) in [5.41, 5.74) is 6.35.